The lowest BCUT2D eigenvalue weighted by molar-refractivity contribution is 0.0545. The van der Waals surface area contributed by atoms with Crippen molar-refractivity contribution in [2.45, 2.75) is 44.2 Å². The van der Waals surface area contributed by atoms with Crippen LogP contribution in [0.3, 0.4) is 0 Å². The van der Waals surface area contributed by atoms with Crippen LogP contribution in [0, 0.1) is 11.6 Å². The summed E-state index contributed by atoms with van der Waals surface area (Å²) in [7, 11) is 0. The number of benzene rings is 1. The highest BCUT2D eigenvalue weighted by Gasteiger charge is 2.27. The summed E-state index contributed by atoms with van der Waals surface area (Å²) in [5.41, 5.74) is 5.82. The summed E-state index contributed by atoms with van der Waals surface area (Å²) in [6.07, 6.45) is 5.22. The molecule has 0 heterocycles. The van der Waals surface area contributed by atoms with Crippen molar-refractivity contribution >= 4 is 15.9 Å². The van der Waals surface area contributed by atoms with E-state index in [2.05, 4.69) is 15.9 Å². The largest absolute Gasteiger partial charge is 0.375 e. The molecule has 0 amide bonds. The summed E-state index contributed by atoms with van der Waals surface area (Å²) in [6.45, 7) is 0.258. The highest BCUT2D eigenvalue weighted by molar-refractivity contribution is 9.10. The molecule has 2 rings (SSSR count). The van der Waals surface area contributed by atoms with Gasteiger partial charge in [0.15, 0.2) is 0 Å². The van der Waals surface area contributed by atoms with Gasteiger partial charge in [0, 0.05) is 5.54 Å². The molecule has 1 aliphatic carbocycles. The second kappa shape index (κ2) is 6.29. The molecule has 0 aromatic heterocycles. The molecule has 0 spiro atoms. The molecule has 0 radical (unpaired) electrons. The number of nitrogens with two attached hydrogens (primary N) is 1. The third kappa shape index (κ3) is 3.74. The van der Waals surface area contributed by atoms with E-state index in [1.807, 2.05) is 0 Å². The molecule has 0 saturated heterocycles. The molecule has 106 valence electrons. The topological polar surface area (TPSA) is 35.2 Å². The van der Waals surface area contributed by atoms with Gasteiger partial charge in [0.2, 0.25) is 0 Å². The summed E-state index contributed by atoms with van der Waals surface area (Å²) in [5, 5.41) is 0. The first kappa shape index (κ1) is 14.9. The average molecular weight is 334 g/mol. The number of hydrogen-bond donors (Lipinski definition) is 1. The molecule has 1 saturated carbocycles. The van der Waals surface area contributed by atoms with Crippen molar-refractivity contribution in [3.05, 3.63) is 33.8 Å². The third-order valence-corrected chi connectivity index (χ3v) is 4.24. The number of hydrogen-bond acceptors (Lipinski definition) is 2. The van der Waals surface area contributed by atoms with E-state index in [4.69, 9.17) is 10.5 Å². The van der Waals surface area contributed by atoms with Crippen molar-refractivity contribution in [2.75, 3.05) is 6.61 Å². The van der Waals surface area contributed by atoms with Crippen LogP contribution in [0.4, 0.5) is 8.78 Å². The first-order valence-electron chi connectivity index (χ1n) is 6.51. The molecule has 19 heavy (non-hydrogen) atoms. The van der Waals surface area contributed by atoms with Gasteiger partial charge in [0.1, 0.15) is 11.6 Å². The Morgan fingerprint density at radius 3 is 2.58 bits per heavy atom. The third-order valence-electron chi connectivity index (χ3n) is 3.62. The molecule has 5 heteroatoms. The maximum Gasteiger partial charge on any atom is 0.145 e. The predicted octanol–water partition coefficient (Wildman–Crippen LogP) is 3.91. The van der Waals surface area contributed by atoms with E-state index >= 15 is 0 Å². The first-order chi connectivity index (χ1) is 9.02. The molecule has 0 bridgehead atoms. The Morgan fingerprint density at radius 2 is 1.89 bits per heavy atom. The molecule has 0 aliphatic heterocycles. The van der Waals surface area contributed by atoms with Crippen LogP contribution in [0.25, 0.3) is 0 Å². The van der Waals surface area contributed by atoms with E-state index in [0.717, 1.165) is 25.7 Å². The molecule has 2 nitrogen and oxygen atoms in total. The van der Waals surface area contributed by atoms with Gasteiger partial charge in [0.05, 0.1) is 23.2 Å². The minimum absolute atomic E-state index is 0.0474. The van der Waals surface area contributed by atoms with Crippen molar-refractivity contribution in [1.82, 2.24) is 0 Å². The smallest absolute Gasteiger partial charge is 0.145 e. The Hall–Kier alpha value is -0.520. The monoisotopic (exact) mass is 333 g/mol. The minimum Gasteiger partial charge on any atom is -0.375 e. The lowest BCUT2D eigenvalue weighted by Crippen LogP contribution is -2.46. The quantitative estimate of drug-likeness (QED) is 0.848. The fourth-order valence-electron chi connectivity index (χ4n) is 2.46. The Kier molecular flexibility index (Phi) is 4.92. The first-order valence-corrected chi connectivity index (χ1v) is 7.30. The minimum atomic E-state index is -0.602. The zero-order chi connectivity index (χ0) is 13.9. The molecule has 1 fully saturated rings. The summed E-state index contributed by atoms with van der Waals surface area (Å²) in [5.74, 6) is -1.19. The van der Waals surface area contributed by atoms with Gasteiger partial charge >= 0.3 is 0 Å². The van der Waals surface area contributed by atoms with Gasteiger partial charge in [0.25, 0.3) is 0 Å². The Labute approximate surface area is 120 Å². The molecule has 1 aliphatic rings. The highest BCUT2D eigenvalue weighted by Crippen LogP contribution is 2.27. The molecular formula is C14H18BrF2NO. The SMILES string of the molecule is NC1(COCc2c(F)ccc(Br)c2F)CCCCC1. The van der Waals surface area contributed by atoms with Crippen LogP contribution in [0.15, 0.2) is 16.6 Å². The van der Waals surface area contributed by atoms with Gasteiger partial charge in [-0.1, -0.05) is 19.3 Å². The highest BCUT2D eigenvalue weighted by atomic mass is 79.9. The van der Waals surface area contributed by atoms with E-state index in [-0.39, 0.29) is 22.2 Å². The number of rotatable bonds is 4. The van der Waals surface area contributed by atoms with Crippen molar-refractivity contribution in [3.63, 3.8) is 0 Å². The maximum atomic E-state index is 13.7. The second-order valence-corrected chi connectivity index (χ2v) is 6.09. The zero-order valence-electron chi connectivity index (χ0n) is 10.7. The normalized spacial score (nSPS) is 18.5. The van der Waals surface area contributed by atoms with Gasteiger partial charge in [-0.05, 0) is 40.9 Å². The van der Waals surface area contributed by atoms with Gasteiger partial charge in [-0.15, -0.1) is 0 Å². The van der Waals surface area contributed by atoms with Gasteiger partial charge < -0.3 is 10.5 Å². The van der Waals surface area contributed by atoms with E-state index < -0.39 is 11.6 Å². The van der Waals surface area contributed by atoms with Crippen LogP contribution in [0.1, 0.15) is 37.7 Å². The lowest BCUT2D eigenvalue weighted by atomic mass is 9.83. The van der Waals surface area contributed by atoms with E-state index in [1.54, 1.807) is 0 Å². The van der Waals surface area contributed by atoms with Crippen LogP contribution >= 0.6 is 15.9 Å². The number of ether oxygens (including phenoxy) is 1. The molecular weight excluding hydrogens is 316 g/mol. The molecule has 1 aromatic carbocycles. The van der Waals surface area contributed by atoms with Gasteiger partial charge in [-0.3, -0.25) is 0 Å². The van der Waals surface area contributed by atoms with Gasteiger partial charge in [-0.25, -0.2) is 8.78 Å². The van der Waals surface area contributed by atoms with Gasteiger partial charge in [-0.2, -0.15) is 0 Å². The lowest BCUT2D eigenvalue weighted by Gasteiger charge is -2.33. The van der Waals surface area contributed by atoms with Crippen molar-refractivity contribution in [2.24, 2.45) is 5.73 Å². The van der Waals surface area contributed by atoms with Crippen molar-refractivity contribution in [1.29, 1.82) is 0 Å². The Morgan fingerprint density at radius 1 is 1.21 bits per heavy atom. The van der Waals surface area contributed by atoms with Crippen molar-refractivity contribution in [3.8, 4) is 0 Å². The fourth-order valence-corrected chi connectivity index (χ4v) is 2.83. The van der Waals surface area contributed by atoms with E-state index in [9.17, 15) is 8.78 Å². The van der Waals surface area contributed by atoms with Crippen LogP contribution in [0.5, 0.6) is 0 Å². The van der Waals surface area contributed by atoms with Crippen molar-refractivity contribution < 1.29 is 13.5 Å². The van der Waals surface area contributed by atoms with Crippen LogP contribution in [-0.4, -0.2) is 12.1 Å². The molecule has 2 N–H and O–H groups in total. The van der Waals surface area contributed by atoms with Crippen LogP contribution in [-0.2, 0) is 11.3 Å². The summed E-state index contributed by atoms with van der Waals surface area (Å²) in [4.78, 5) is 0. The summed E-state index contributed by atoms with van der Waals surface area (Å²) < 4.78 is 32.9. The molecule has 0 unspecified atom stereocenters. The molecule has 0 atom stereocenters. The van der Waals surface area contributed by atoms with E-state index in [1.165, 1.54) is 18.6 Å². The number of halogens is 3. The standard InChI is InChI=1S/C14H18BrF2NO/c15-11-4-5-12(16)10(13(11)17)8-19-9-14(18)6-2-1-3-7-14/h4-5H,1-3,6-9,18H2. The van der Waals surface area contributed by atoms with Crippen LogP contribution < -0.4 is 5.73 Å². The summed E-state index contributed by atoms with van der Waals surface area (Å²) >= 11 is 3.04. The predicted molar refractivity (Wildman–Crippen MR) is 73.7 cm³/mol. The molecule has 1 aromatic rings. The maximum absolute atomic E-state index is 13.7. The Balaban J connectivity index is 1.94. The second-order valence-electron chi connectivity index (χ2n) is 5.24. The Bertz CT molecular complexity index is 447. The van der Waals surface area contributed by atoms with E-state index in [0.29, 0.717) is 6.61 Å². The average Bonchev–Trinajstić information content (AvgIpc) is 2.39. The zero-order valence-corrected chi connectivity index (χ0v) is 12.3. The summed E-state index contributed by atoms with van der Waals surface area (Å²) in [6, 6.07) is 2.57. The fraction of sp³-hybridized carbons (Fsp3) is 0.571. The van der Waals surface area contributed by atoms with Crippen LogP contribution in [0.2, 0.25) is 0 Å².